The second-order valence-electron chi connectivity index (χ2n) is 4.93. The first-order valence-corrected chi connectivity index (χ1v) is 7.48. The van der Waals surface area contributed by atoms with Crippen molar-refractivity contribution in [2.24, 2.45) is 0 Å². The van der Waals surface area contributed by atoms with Crippen LogP contribution in [0.15, 0.2) is 60.7 Å². The highest BCUT2D eigenvalue weighted by molar-refractivity contribution is 5.89. The molecule has 5 nitrogen and oxygen atoms in total. The molecule has 0 spiro atoms. The first-order chi connectivity index (χ1) is 11.2. The first kappa shape index (κ1) is 16.7. The fraction of sp³-hybridized carbons (Fsp3) is 0.222. The number of benzene rings is 2. The Morgan fingerprint density at radius 3 is 1.91 bits per heavy atom. The number of hydrazine groups is 1. The molecule has 0 radical (unpaired) electrons. The van der Waals surface area contributed by atoms with E-state index in [0.717, 1.165) is 11.1 Å². The molecule has 0 bridgehead atoms. The number of hydrogen-bond acceptors (Lipinski definition) is 3. The zero-order chi connectivity index (χ0) is 16.5. The molecule has 0 atom stereocenters. The van der Waals surface area contributed by atoms with E-state index in [-0.39, 0.29) is 18.4 Å². The number of ether oxygens (including phenoxy) is 1. The third-order valence-electron chi connectivity index (χ3n) is 3.29. The van der Waals surface area contributed by atoms with Gasteiger partial charge in [-0.2, -0.15) is 0 Å². The number of carbonyl (C=O) groups excluding carboxylic acids is 2. The fourth-order valence-electron chi connectivity index (χ4n) is 2.22. The van der Waals surface area contributed by atoms with Crippen molar-refractivity contribution in [1.29, 1.82) is 0 Å². The third-order valence-corrected chi connectivity index (χ3v) is 3.29. The second kappa shape index (κ2) is 8.70. The quantitative estimate of drug-likeness (QED) is 0.802. The normalized spacial score (nSPS) is 10.3. The van der Waals surface area contributed by atoms with Gasteiger partial charge in [-0.15, -0.1) is 0 Å². The predicted molar refractivity (Wildman–Crippen MR) is 87.5 cm³/mol. The molecule has 2 rings (SSSR count). The lowest BCUT2D eigenvalue weighted by atomic mass is 9.91. The number of carbonyl (C=O) groups is 2. The zero-order valence-electron chi connectivity index (χ0n) is 13.0. The van der Waals surface area contributed by atoms with E-state index in [9.17, 15) is 9.59 Å². The Labute approximate surface area is 135 Å². The van der Waals surface area contributed by atoms with Crippen LogP contribution in [-0.4, -0.2) is 25.0 Å². The van der Waals surface area contributed by atoms with E-state index in [1.165, 1.54) is 0 Å². The van der Waals surface area contributed by atoms with Crippen molar-refractivity contribution in [3.8, 4) is 0 Å². The van der Waals surface area contributed by atoms with E-state index in [1.54, 1.807) is 6.92 Å². The molecule has 2 amide bonds. The number of amides is 2. The number of nitrogens with one attached hydrogen (secondary N) is 2. The Kier molecular flexibility index (Phi) is 6.32. The average Bonchev–Trinajstić information content (AvgIpc) is 2.60. The van der Waals surface area contributed by atoms with E-state index in [1.807, 2.05) is 60.7 Å². The van der Waals surface area contributed by atoms with Crippen LogP contribution >= 0.6 is 0 Å². The minimum atomic E-state index is -0.496. The molecule has 2 aromatic carbocycles. The zero-order valence-corrected chi connectivity index (χ0v) is 13.0. The summed E-state index contributed by atoms with van der Waals surface area (Å²) in [5, 5.41) is 0. The van der Waals surface area contributed by atoms with Crippen molar-refractivity contribution in [3.63, 3.8) is 0 Å². The highest BCUT2D eigenvalue weighted by Crippen LogP contribution is 2.24. The Balaban J connectivity index is 2.12. The molecule has 0 aromatic heterocycles. The molecule has 0 fully saturated rings. The minimum absolute atomic E-state index is 0.0852. The third kappa shape index (κ3) is 4.93. The van der Waals surface area contributed by atoms with Crippen LogP contribution in [0, 0.1) is 0 Å². The molecular weight excluding hydrogens is 292 g/mol. The number of hydrogen-bond donors (Lipinski definition) is 2. The molecule has 0 unspecified atom stereocenters. The Morgan fingerprint density at radius 2 is 1.43 bits per heavy atom. The van der Waals surface area contributed by atoms with Crippen molar-refractivity contribution in [2.45, 2.75) is 12.8 Å². The van der Waals surface area contributed by atoms with Gasteiger partial charge in [0.05, 0.1) is 5.92 Å². The smallest absolute Gasteiger partial charge is 0.264 e. The van der Waals surface area contributed by atoms with Crippen LogP contribution in [0.2, 0.25) is 0 Å². The van der Waals surface area contributed by atoms with E-state index >= 15 is 0 Å². The highest BCUT2D eigenvalue weighted by Gasteiger charge is 2.22. The van der Waals surface area contributed by atoms with Crippen molar-refractivity contribution < 1.29 is 14.3 Å². The van der Waals surface area contributed by atoms with Crippen LogP contribution < -0.4 is 10.9 Å². The van der Waals surface area contributed by atoms with Crippen LogP contribution in [0.25, 0.3) is 0 Å². The van der Waals surface area contributed by atoms with Crippen molar-refractivity contribution >= 4 is 11.8 Å². The number of rotatable bonds is 6. The van der Waals surface area contributed by atoms with Gasteiger partial charge in [0.1, 0.15) is 6.61 Å². The van der Waals surface area contributed by atoms with Crippen LogP contribution in [0.3, 0.4) is 0 Å². The molecule has 0 saturated carbocycles. The van der Waals surface area contributed by atoms with Crippen molar-refractivity contribution in [2.75, 3.05) is 13.2 Å². The van der Waals surface area contributed by atoms with Gasteiger partial charge in [0.15, 0.2) is 0 Å². The lowest BCUT2D eigenvalue weighted by Gasteiger charge is -2.18. The van der Waals surface area contributed by atoms with Crippen LogP contribution in [0.4, 0.5) is 0 Å². The molecule has 0 aliphatic heterocycles. The van der Waals surface area contributed by atoms with Crippen molar-refractivity contribution in [1.82, 2.24) is 10.9 Å². The van der Waals surface area contributed by atoms with Gasteiger partial charge in [-0.3, -0.25) is 20.4 Å². The Bertz CT molecular complexity index is 590. The monoisotopic (exact) mass is 312 g/mol. The van der Waals surface area contributed by atoms with Crippen LogP contribution in [-0.2, 0) is 14.3 Å². The second-order valence-corrected chi connectivity index (χ2v) is 4.93. The van der Waals surface area contributed by atoms with Gasteiger partial charge in [0.2, 0.25) is 5.91 Å². The Morgan fingerprint density at radius 1 is 0.913 bits per heavy atom. The highest BCUT2D eigenvalue weighted by atomic mass is 16.5. The summed E-state index contributed by atoms with van der Waals surface area (Å²) >= 11 is 0. The molecule has 5 heteroatoms. The molecule has 120 valence electrons. The molecule has 0 aliphatic rings. The molecule has 0 aliphatic carbocycles. The largest absolute Gasteiger partial charge is 0.372 e. The van der Waals surface area contributed by atoms with Crippen molar-refractivity contribution in [3.05, 3.63) is 71.8 Å². The summed E-state index contributed by atoms with van der Waals surface area (Å²) in [5.74, 6) is -1.18. The maximum absolute atomic E-state index is 12.6. The van der Waals surface area contributed by atoms with Gasteiger partial charge in [0.25, 0.3) is 5.91 Å². The predicted octanol–water partition coefficient (Wildman–Crippen LogP) is 2.00. The van der Waals surface area contributed by atoms with E-state index in [0.29, 0.717) is 6.61 Å². The maximum Gasteiger partial charge on any atom is 0.264 e. The van der Waals surface area contributed by atoms with Gasteiger partial charge in [-0.05, 0) is 18.1 Å². The van der Waals surface area contributed by atoms with Gasteiger partial charge in [-0.1, -0.05) is 60.7 Å². The Hall–Kier alpha value is -2.66. The molecular formula is C18H20N2O3. The summed E-state index contributed by atoms with van der Waals surface area (Å²) < 4.78 is 4.99. The summed E-state index contributed by atoms with van der Waals surface area (Å²) in [6.45, 7) is 2.16. The van der Waals surface area contributed by atoms with Gasteiger partial charge >= 0.3 is 0 Å². The molecule has 0 saturated heterocycles. The summed E-state index contributed by atoms with van der Waals surface area (Å²) in [7, 11) is 0. The molecule has 2 N–H and O–H groups in total. The molecule has 23 heavy (non-hydrogen) atoms. The first-order valence-electron chi connectivity index (χ1n) is 7.48. The SMILES string of the molecule is CCOCC(=O)NNC(=O)C(c1ccccc1)c1ccccc1. The summed E-state index contributed by atoms with van der Waals surface area (Å²) in [6.07, 6.45) is 0. The van der Waals surface area contributed by atoms with E-state index in [4.69, 9.17) is 4.74 Å². The standard InChI is InChI=1S/C18H20N2O3/c1-2-23-13-16(21)19-20-18(22)17(14-9-5-3-6-10-14)15-11-7-4-8-12-15/h3-12,17H,2,13H2,1H3,(H,19,21)(H,20,22). The summed E-state index contributed by atoms with van der Waals surface area (Å²) in [4.78, 5) is 24.1. The maximum atomic E-state index is 12.6. The molecule has 2 aromatic rings. The lowest BCUT2D eigenvalue weighted by Crippen LogP contribution is -2.45. The molecule has 0 heterocycles. The minimum Gasteiger partial charge on any atom is -0.372 e. The average molecular weight is 312 g/mol. The van der Waals surface area contributed by atoms with Crippen LogP contribution in [0.1, 0.15) is 24.0 Å². The summed E-state index contributed by atoms with van der Waals surface area (Å²) in [5.41, 5.74) is 6.56. The topological polar surface area (TPSA) is 67.4 Å². The van der Waals surface area contributed by atoms with E-state index in [2.05, 4.69) is 10.9 Å². The van der Waals surface area contributed by atoms with Gasteiger partial charge in [-0.25, -0.2) is 0 Å². The summed E-state index contributed by atoms with van der Waals surface area (Å²) in [6, 6.07) is 18.9. The lowest BCUT2D eigenvalue weighted by molar-refractivity contribution is -0.131. The van der Waals surface area contributed by atoms with E-state index < -0.39 is 5.92 Å². The van der Waals surface area contributed by atoms with Gasteiger partial charge < -0.3 is 4.74 Å². The fourth-order valence-corrected chi connectivity index (χ4v) is 2.22. The van der Waals surface area contributed by atoms with Crippen LogP contribution in [0.5, 0.6) is 0 Å². The van der Waals surface area contributed by atoms with Gasteiger partial charge in [0, 0.05) is 6.61 Å².